The summed E-state index contributed by atoms with van der Waals surface area (Å²) in [7, 11) is 1.45. The molecule has 0 aliphatic heterocycles. The standard InChI is InChI=1S/C24H18Cl2N2O2S/c1-14-5-3-4-6-17(14)24-28-20(13-31-24)15-7-9-16(10-8-15)27-23(29)21-18(25)11-12-19(26)22(21)30-2/h3-13H,1-2H3,(H,27,29). The van der Waals surface area contributed by atoms with E-state index in [0.29, 0.717) is 10.7 Å². The fourth-order valence-electron chi connectivity index (χ4n) is 3.21. The van der Waals surface area contributed by atoms with Crippen LogP contribution in [0.25, 0.3) is 21.8 Å². The number of hydrogen-bond donors (Lipinski definition) is 1. The van der Waals surface area contributed by atoms with Gasteiger partial charge in [0.15, 0.2) is 5.75 Å². The lowest BCUT2D eigenvalue weighted by Gasteiger charge is -2.12. The zero-order valence-corrected chi connectivity index (χ0v) is 19.1. The van der Waals surface area contributed by atoms with Gasteiger partial charge in [0.25, 0.3) is 5.91 Å². The lowest BCUT2D eigenvalue weighted by atomic mass is 10.1. The molecule has 156 valence electrons. The molecule has 3 aromatic carbocycles. The fraction of sp³-hybridized carbons (Fsp3) is 0.0833. The van der Waals surface area contributed by atoms with E-state index in [1.807, 2.05) is 41.8 Å². The average molecular weight is 469 g/mol. The van der Waals surface area contributed by atoms with E-state index >= 15 is 0 Å². The molecule has 0 saturated heterocycles. The van der Waals surface area contributed by atoms with E-state index in [9.17, 15) is 4.79 Å². The number of nitrogens with one attached hydrogen (secondary N) is 1. The van der Waals surface area contributed by atoms with Crippen molar-refractivity contribution in [3.8, 4) is 27.6 Å². The van der Waals surface area contributed by atoms with Crippen molar-refractivity contribution < 1.29 is 9.53 Å². The van der Waals surface area contributed by atoms with Gasteiger partial charge in [0.1, 0.15) is 10.6 Å². The Morgan fingerprint density at radius 3 is 2.42 bits per heavy atom. The fourth-order valence-corrected chi connectivity index (χ4v) is 4.59. The first-order valence-corrected chi connectivity index (χ1v) is 11.1. The molecule has 0 aliphatic carbocycles. The predicted molar refractivity (Wildman–Crippen MR) is 129 cm³/mol. The number of ether oxygens (including phenoxy) is 1. The molecule has 0 spiro atoms. The third kappa shape index (κ3) is 4.44. The molecule has 0 bridgehead atoms. The van der Waals surface area contributed by atoms with Crippen molar-refractivity contribution in [1.29, 1.82) is 0 Å². The molecule has 0 atom stereocenters. The number of carbonyl (C=O) groups is 1. The quantitative estimate of drug-likeness (QED) is 0.332. The van der Waals surface area contributed by atoms with E-state index in [-0.39, 0.29) is 16.3 Å². The van der Waals surface area contributed by atoms with Crippen LogP contribution in [0.4, 0.5) is 5.69 Å². The van der Waals surface area contributed by atoms with Crippen molar-refractivity contribution in [2.75, 3.05) is 12.4 Å². The first kappa shape index (κ1) is 21.4. The summed E-state index contributed by atoms with van der Waals surface area (Å²) in [5.41, 5.74) is 5.00. The lowest BCUT2D eigenvalue weighted by molar-refractivity contribution is 0.102. The van der Waals surface area contributed by atoms with E-state index < -0.39 is 5.91 Å². The van der Waals surface area contributed by atoms with Gasteiger partial charge in [0.2, 0.25) is 0 Å². The number of benzene rings is 3. The smallest absolute Gasteiger partial charge is 0.261 e. The Kier molecular flexibility index (Phi) is 6.28. The Labute approximate surface area is 194 Å². The van der Waals surface area contributed by atoms with Crippen LogP contribution >= 0.6 is 34.5 Å². The number of thiazole rings is 1. The molecule has 0 saturated carbocycles. The number of nitrogens with zero attached hydrogens (tertiary/aromatic N) is 1. The number of methoxy groups -OCH3 is 1. The summed E-state index contributed by atoms with van der Waals surface area (Å²) in [6.45, 7) is 2.08. The summed E-state index contributed by atoms with van der Waals surface area (Å²) in [5.74, 6) is -0.151. The van der Waals surface area contributed by atoms with Gasteiger partial charge in [-0.3, -0.25) is 4.79 Å². The van der Waals surface area contributed by atoms with Crippen LogP contribution < -0.4 is 10.1 Å². The van der Waals surface area contributed by atoms with Crippen LogP contribution in [0, 0.1) is 6.92 Å². The van der Waals surface area contributed by atoms with Crippen LogP contribution in [-0.2, 0) is 0 Å². The van der Waals surface area contributed by atoms with Gasteiger partial charge in [-0.15, -0.1) is 11.3 Å². The summed E-state index contributed by atoms with van der Waals surface area (Å²) in [6, 6.07) is 18.8. The summed E-state index contributed by atoms with van der Waals surface area (Å²) in [4.78, 5) is 17.5. The van der Waals surface area contributed by atoms with E-state index in [1.165, 1.54) is 12.7 Å². The highest BCUT2D eigenvalue weighted by molar-refractivity contribution is 7.13. The van der Waals surface area contributed by atoms with Crippen LogP contribution in [0.5, 0.6) is 5.75 Å². The topological polar surface area (TPSA) is 51.2 Å². The van der Waals surface area contributed by atoms with Crippen LogP contribution in [0.1, 0.15) is 15.9 Å². The van der Waals surface area contributed by atoms with E-state index in [0.717, 1.165) is 21.8 Å². The molecular formula is C24H18Cl2N2O2S. The van der Waals surface area contributed by atoms with Gasteiger partial charge in [-0.2, -0.15) is 0 Å². The molecule has 0 aliphatic rings. The van der Waals surface area contributed by atoms with Crippen molar-refractivity contribution in [3.05, 3.63) is 87.2 Å². The predicted octanol–water partition coefficient (Wildman–Crippen LogP) is 7.35. The minimum atomic E-state index is -0.396. The van der Waals surface area contributed by atoms with E-state index in [4.69, 9.17) is 32.9 Å². The summed E-state index contributed by atoms with van der Waals surface area (Å²) < 4.78 is 5.26. The summed E-state index contributed by atoms with van der Waals surface area (Å²) in [5, 5.41) is 6.44. The van der Waals surface area contributed by atoms with E-state index in [1.54, 1.807) is 23.5 Å². The highest BCUT2D eigenvalue weighted by Crippen LogP contribution is 2.35. The molecule has 7 heteroatoms. The van der Waals surface area contributed by atoms with E-state index in [2.05, 4.69) is 24.4 Å². The van der Waals surface area contributed by atoms with Gasteiger partial charge < -0.3 is 10.1 Å². The third-order valence-electron chi connectivity index (χ3n) is 4.81. The number of amides is 1. The number of halogens is 2. The first-order valence-electron chi connectivity index (χ1n) is 9.43. The number of hydrogen-bond acceptors (Lipinski definition) is 4. The highest BCUT2D eigenvalue weighted by atomic mass is 35.5. The average Bonchev–Trinajstić information content (AvgIpc) is 3.26. The Bertz CT molecular complexity index is 1250. The molecule has 4 aromatic rings. The molecule has 0 radical (unpaired) electrons. The van der Waals surface area contributed by atoms with Crippen LogP contribution in [0.15, 0.2) is 66.0 Å². The maximum atomic E-state index is 12.8. The molecule has 4 nitrogen and oxygen atoms in total. The second-order valence-corrected chi connectivity index (χ2v) is 8.49. The summed E-state index contributed by atoms with van der Waals surface area (Å²) >= 11 is 13.9. The number of aromatic nitrogens is 1. The zero-order chi connectivity index (χ0) is 22.0. The molecule has 0 fully saturated rings. The lowest BCUT2D eigenvalue weighted by Crippen LogP contribution is -2.14. The monoisotopic (exact) mass is 468 g/mol. The van der Waals surface area contributed by atoms with Crippen molar-refractivity contribution >= 4 is 46.1 Å². The second-order valence-electron chi connectivity index (χ2n) is 6.82. The van der Waals surface area contributed by atoms with Gasteiger partial charge in [-0.25, -0.2) is 4.98 Å². The molecular weight excluding hydrogens is 451 g/mol. The van der Waals surface area contributed by atoms with Gasteiger partial charge >= 0.3 is 0 Å². The normalized spacial score (nSPS) is 10.7. The van der Waals surface area contributed by atoms with Crippen LogP contribution in [0.3, 0.4) is 0 Å². The van der Waals surface area contributed by atoms with Gasteiger partial charge in [0, 0.05) is 22.2 Å². The molecule has 4 rings (SSSR count). The number of rotatable bonds is 5. The summed E-state index contributed by atoms with van der Waals surface area (Å²) in [6.07, 6.45) is 0. The van der Waals surface area contributed by atoms with Crippen molar-refractivity contribution in [2.45, 2.75) is 6.92 Å². The maximum absolute atomic E-state index is 12.8. The molecule has 0 unspecified atom stereocenters. The molecule has 31 heavy (non-hydrogen) atoms. The van der Waals surface area contributed by atoms with Crippen molar-refractivity contribution in [1.82, 2.24) is 4.98 Å². The van der Waals surface area contributed by atoms with Gasteiger partial charge in [-0.05, 0) is 36.8 Å². The van der Waals surface area contributed by atoms with Crippen molar-refractivity contribution in [3.63, 3.8) is 0 Å². The molecule has 1 amide bonds. The number of anilines is 1. The molecule has 1 heterocycles. The Morgan fingerprint density at radius 2 is 1.71 bits per heavy atom. The third-order valence-corrected chi connectivity index (χ3v) is 6.30. The Hall–Kier alpha value is -2.86. The van der Waals surface area contributed by atoms with Crippen LogP contribution in [-0.4, -0.2) is 18.0 Å². The highest BCUT2D eigenvalue weighted by Gasteiger charge is 2.19. The molecule has 1 aromatic heterocycles. The SMILES string of the molecule is COc1c(Cl)ccc(Cl)c1C(=O)Nc1ccc(-c2csc(-c3ccccc3C)n2)cc1. The first-order chi connectivity index (χ1) is 15.0. The minimum Gasteiger partial charge on any atom is -0.494 e. The molecule has 1 N–H and O–H groups in total. The number of carbonyl (C=O) groups excluding carboxylic acids is 1. The zero-order valence-electron chi connectivity index (χ0n) is 16.8. The Balaban J connectivity index is 1.54. The van der Waals surface area contributed by atoms with Gasteiger partial charge in [0.05, 0.1) is 22.8 Å². The number of aryl methyl sites for hydroxylation is 1. The van der Waals surface area contributed by atoms with Gasteiger partial charge in [-0.1, -0.05) is 59.6 Å². The van der Waals surface area contributed by atoms with Crippen LogP contribution in [0.2, 0.25) is 10.0 Å². The second kappa shape index (κ2) is 9.10. The minimum absolute atomic E-state index is 0.197. The Morgan fingerprint density at radius 1 is 1.00 bits per heavy atom. The van der Waals surface area contributed by atoms with Crippen molar-refractivity contribution in [2.24, 2.45) is 0 Å². The largest absolute Gasteiger partial charge is 0.494 e. The maximum Gasteiger partial charge on any atom is 0.261 e.